The number of hydrogen-bond donors (Lipinski definition) is 1. The van der Waals surface area contributed by atoms with Gasteiger partial charge in [-0.3, -0.25) is 0 Å². The first kappa shape index (κ1) is 10.7. The van der Waals surface area contributed by atoms with Crippen LogP contribution < -0.4 is 0 Å². The highest BCUT2D eigenvalue weighted by molar-refractivity contribution is 5.70. The lowest BCUT2D eigenvalue weighted by Crippen LogP contribution is -1.91. The lowest BCUT2D eigenvalue weighted by atomic mass is 9.94. The molecular formula is C15H16O. The van der Waals surface area contributed by atoms with Crippen molar-refractivity contribution in [2.24, 2.45) is 0 Å². The van der Waals surface area contributed by atoms with Crippen molar-refractivity contribution in [1.29, 1.82) is 0 Å². The van der Waals surface area contributed by atoms with Crippen LogP contribution in [0, 0.1) is 6.92 Å². The predicted molar refractivity (Wildman–Crippen MR) is 67.7 cm³/mol. The third kappa shape index (κ3) is 1.94. The van der Waals surface area contributed by atoms with Gasteiger partial charge in [0.25, 0.3) is 0 Å². The van der Waals surface area contributed by atoms with E-state index in [0.717, 1.165) is 17.5 Å². The maximum Gasteiger partial charge on any atom is 0.116 e. The molecule has 0 saturated carbocycles. The molecule has 0 bridgehead atoms. The summed E-state index contributed by atoms with van der Waals surface area (Å²) in [6.07, 6.45) is 0.982. The van der Waals surface area contributed by atoms with Gasteiger partial charge < -0.3 is 5.11 Å². The van der Waals surface area contributed by atoms with Crippen molar-refractivity contribution in [1.82, 2.24) is 0 Å². The molecule has 82 valence electrons. The second kappa shape index (κ2) is 4.40. The Balaban J connectivity index is 2.64. The van der Waals surface area contributed by atoms with Crippen LogP contribution in [0.4, 0.5) is 0 Å². The highest BCUT2D eigenvalue weighted by Crippen LogP contribution is 2.30. The number of rotatable bonds is 2. The molecule has 0 atom stereocenters. The average Bonchev–Trinajstić information content (AvgIpc) is 2.29. The van der Waals surface area contributed by atoms with Crippen LogP contribution in [-0.4, -0.2) is 5.11 Å². The Labute approximate surface area is 96.4 Å². The molecule has 2 rings (SSSR count). The zero-order valence-corrected chi connectivity index (χ0v) is 9.70. The average molecular weight is 212 g/mol. The lowest BCUT2D eigenvalue weighted by Gasteiger charge is -2.12. The predicted octanol–water partition coefficient (Wildman–Crippen LogP) is 3.93. The maximum atomic E-state index is 9.68. The zero-order chi connectivity index (χ0) is 11.5. The van der Waals surface area contributed by atoms with Crippen molar-refractivity contribution in [2.75, 3.05) is 0 Å². The quantitative estimate of drug-likeness (QED) is 0.799. The molecule has 1 heteroatoms. The first-order valence-corrected chi connectivity index (χ1v) is 5.60. The Bertz CT molecular complexity index is 486. The Morgan fingerprint density at radius 3 is 2.38 bits per heavy atom. The van der Waals surface area contributed by atoms with Gasteiger partial charge in [0.15, 0.2) is 0 Å². The van der Waals surface area contributed by atoms with E-state index in [0.29, 0.717) is 5.75 Å². The summed E-state index contributed by atoms with van der Waals surface area (Å²) in [6.45, 7) is 4.19. The molecule has 16 heavy (non-hydrogen) atoms. The summed E-state index contributed by atoms with van der Waals surface area (Å²) < 4.78 is 0. The van der Waals surface area contributed by atoms with E-state index in [9.17, 15) is 5.11 Å². The van der Waals surface area contributed by atoms with Gasteiger partial charge in [0.05, 0.1) is 0 Å². The number of aryl methyl sites for hydroxylation is 1. The van der Waals surface area contributed by atoms with Crippen LogP contribution >= 0.6 is 0 Å². The summed E-state index contributed by atoms with van der Waals surface area (Å²) in [5, 5.41) is 9.68. The van der Waals surface area contributed by atoms with Gasteiger partial charge in [-0.1, -0.05) is 37.3 Å². The fraction of sp³-hybridized carbons (Fsp3) is 0.200. The van der Waals surface area contributed by atoms with Crippen LogP contribution in [0.25, 0.3) is 11.1 Å². The molecule has 2 aromatic rings. The first-order chi connectivity index (χ1) is 7.72. The van der Waals surface area contributed by atoms with E-state index in [1.807, 2.05) is 37.3 Å². The molecule has 1 nitrogen and oxygen atoms in total. The number of phenols is 1. The van der Waals surface area contributed by atoms with Crippen LogP contribution in [0.1, 0.15) is 18.1 Å². The third-order valence-electron chi connectivity index (χ3n) is 2.90. The number of hydrogen-bond acceptors (Lipinski definition) is 1. The van der Waals surface area contributed by atoms with E-state index in [1.54, 1.807) is 0 Å². The van der Waals surface area contributed by atoms with Crippen molar-refractivity contribution in [3.63, 3.8) is 0 Å². The molecule has 0 amide bonds. The van der Waals surface area contributed by atoms with E-state index in [-0.39, 0.29) is 0 Å². The summed E-state index contributed by atoms with van der Waals surface area (Å²) in [4.78, 5) is 0. The molecule has 0 aliphatic heterocycles. The second-order valence-electron chi connectivity index (χ2n) is 4.01. The van der Waals surface area contributed by atoms with Crippen molar-refractivity contribution >= 4 is 0 Å². The Hall–Kier alpha value is -1.76. The van der Waals surface area contributed by atoms with Crippen molar-refractivity contribution in [2.45, 2.75) is 20.3 Å². The molecule has 0 aliphatic carbocycles. The highest BCUT2D eigenvalue weighted by Gasteiger charge is 2.07. The summed E-state index contributed by atoms with van der Waals surface area (Å²) in [7, 11) is 0. The zero-order valence-electron chi connectivity index (χ0n) is 9.70. The third-order valence-corrected chi connectivity index (χ3v) is 2.90. The monoisotopic (exact) mass is 212 g/mol. The van der Waals surface area contributed by atoms with Gasteiger partial charge >= 0.3 is 0 Å². The SMILES string of the molecule is CCc1c(C)cc(O)cc1-c1ccccc1. The summed E-state index contributed by atoms with van der Waals surface area (Å²) >= 11 is 0. The largest absolute Gasteiger partial charge is 0.508 e. The van der Waals surface area contributed by atoms with Crippen LogP contribution in [0.3, 0.4) is 0 Å². The summed E-state index contributed by atoms with van der Waals surface area (Å²) in [6, 6.07) is 13.9. The molecule has 0 saturated heterocycles. The number of aromatic hydroxyl groups is 1. The minimum atomic E-state index is 0.341. The molecule has 0 heterocycles. The fourth-order valence-electron chi connectivity index (χ4n) is 2.14. The summed E-state index contributed by atoms with van der Waals surface area (Å²) in [5.41, 5.74) is 4.77. The molecular weight excluding hydrogens is 196 g/mol. The Morgan fingerprint density at radius 2 is 1.75 bits per heavy atom. The molecule has 0 aromatic heterocycles. The van der Waals surface area contributed by atoms with E-state index in [4.69, 9.17) is 0 Å². The lowest BCUT2D eigenvalue weighted by molar-refractivity contribution is 0.475. The maximum absolute atomic E-state index is 9.68. The van der Waals surface area contributed by atoms with Gasteiger partial charge in [0, 0.05) is 0 Å². The van der Waals surface area contributed by atoms with Gasteiger partial charge in [-0.05, 0) is 47.7 Å². The normalized spacial score (nSPS) is 10.4. The molecule has 0 unspecified atom stereocenters. The molecule has 0 aliphatic rings. The van der Waals surface area contributed by atoms with E-state index >= 15 is 0 Å². The van der Waals surface area contributed by atoms with Crippen molar-refractivity contribution in [3.8, 4) is 16.9 Å². The van der Waals surface area contributed by atoms with E-state index < -0.39 is 0 Å². The van der Waals surface area contributed by atoms with Crippen molar-refractivity contribution in [3.05, 3.63) is 53.6 Å². The standard InChI is InChI=1S/C15H16O/c1-3-14-11(2)9-13(16)10-15(14)12-7-5-4-6-8-12/h4-10,16H,3H2,1-2H3. The van der Waals surface area contributed by atoms with Gasteiger partial charge in [0.1, 0.15) is 5.75 Å². The van der Waals surface area contributed by atoms with E-state index in [1.165, 1.54) is 11.1 Å². The van der Waals surface area contributed by atoms with Gasteiger partial charge in [-0.25, -0.2) is 0 Å². The molecule has 0 radical (unpaired) electrons. The van der Waals surface area contributed by atoms with Gasteiger partial charge in [-0.15, -0.1) is 0 Å². The second-order valence-corrected chi connectivity index (χ2v) is 4.01. The van der Waals surface area contributed by atoms with Crippen LogP contribution in [0.15, 0.2) is 42.5 Å². The first-order valence-electron chi connectivity index (χ1n) is 5.60. The molecule has 0 fully saturated rings. The highest BCUT2D eigenvalue weighted by atomic mass is 16.3. The van der Waals surface area contributed by atoms with Crippen LogP contribution in [0.2, 0.25) is 0 Å². The van der Waals surface area contributed by atoms with Crippen LogP contribution in [-0.2, 0) is 6.42 Å². The fourth-order valence-corrected chi connectivity index (χ4v) is 2.14. The minimum absolute atomic E-state index is 0.341. The number of benzene rings is 2. The minimum Gasteiger partial charge on any atom is -0.508 e. The Morgan fingerprint density at radius 1 is 1.06 bits per heavy atom. The van der Waals surface area contributed by atoms with Gasteiger partial charge in [-0.2, -0.15) is 0 Å². The van der Waals surface area contributed by atoms with Gasteiger partial charge in [0.2, 0.25) is 0 Å². The molecule has 1 N–H and O–H groups in total. The van der Waals surface area contributed by atoms with Crippen molar-refractivity contribution < 1.29 is 5.11 Å². The van der Waals surface area contributed by atoms with Crippen LogP contribution in [0.5, 0.6) is 5.75 Å². The molecule has 0 spiro atoms. The Kier molecular flexibility index (Phi) is 2.95. The number of phenolic OH excluding ortho intramolecular Hbond substituents is 1. The molecule has 2 aromatic carbocycles. The van der Waals surface area contributed by atoms with E-state index in [2.05, 4.69) is 19.1 Å². The topological polar surface area (TPSA) is 20.2 Å². The smallest absolute Gasteiger partial charge is 0.116 e. The summed E-state index contributed by atoms with van der Waals surface area (Å²) in [5.74, 6) is 0.341.